The number of rotatable bonds is 4. The van der Waals surface area contributed by atoms with Gasteiger partial charge in [-0.2, -0.15) is 4.31 Å². The summed E-state index contributed by atoms with van der Waals surface area (Å²) in [7, 11) is -3.60. The van der Waals surface area contributed by atoms with Gasteiger partial charge in [-0.15, -0.1) is 0 Å². The second kappa shape index (κ2) is 7.95. The van der Waals surface area contributed by atoms with Gasteiger partial charge in [-0.25, -0.2) is 18.1 Å². The lowest BCUT2D eigenvalue weighted by atomic mass is 9.78. The number of amides is 3. The van der Waals surface area contributed by atoms with Crippen molar-refractivity contribution in [1.29, 1.82) is 0 Å². The number of pyridine rings is 1. The predicted octanol–water partition coefficient (Wildman–Crippen LogP) is 0.825. The first-order valence-electron chi connectivity index (χ1n) is 10.7. The van der Waals surface area contributed by atoms with Crippen LogP contribution in [0.1, 0.15) is 17.5 Å². The second-order valence-corrected chi connectivity index (χ2v) is 10.5. The molecule has 0 bridgehead atoms. The van der Waals surface area contributed by atoms with Crippen LogP contribution in [-0.2, 0) is 27.7 Å². The second-order valence-electron chi connectivity index (χ2n) is 8.54. The van der Waals surface area contributed by atoms with E-state index in [4.69, 9.17) is 0 Å². The average molecular weight is 456 g/mol. The van der Waals surface area contributed by atoms with Crippen molar-refractivity contribution < 1.29 is 18.0 Å². The van der Waals surface area contributed by atoms with Crippen LogP contribution in [0.5, 0.6) is 0 Å². The molecule has 5 rings (SSSR count). The Morgan fingerprint density at radius 1 is 1.00 bits per heavy atom. The molecule has 1 aromatic carbocycles. The van der Waals surface area contributed by atoms with Crippen LogP contribution in [-0.4, -0.2) is 77.8 Å². The number of hydrogen-bond acceptors (Lipinski definition) is 6. The molecule has 1 unspecified atom stereocenters. The molecule has 1 spiro atoms. The number of urea groups is 1. The Labute approximate surface area is 187 Å². The van der Waals surface area contributed by atoms with E-state index in [9.17, 15) is 18.0 Å². The van der Waals surface area contributed by atoms with Gasteiger partial charge >= 0.3 is 6.03 Å². The monoisotopic (exact) mass is 455 g/mol. The van der Waals surface area contributed by atoms with Gasteiger partial charge in [0.2, 0.25) is 10.0 Å². The number of nitrogens with one attached hydrogen (secondary N) is 1. The summed E-state index contributed by atoms with van der Waals surface area (Å²) >= 11 is 0. The van der Waals surface area contributed by atoms with Crippen LogP contribution in [0.4, 0.5) is 4.79 Å². The molecule has 3 heterocycles. The zero-order valence-corrected chi connectivity index (χ0v) is 18.4. The summed E-state index contributed by atoms with van der Waals surface area (Å²) in [5.41, 5.74) is 1.45. The summed E-state index contributed by atoms with van der Waals surface area (Å²) in [5.74, 6) is -0.192. The van der Waals surface area contributed by atoms with Gasteiger partial charge in [-0.1, -0.05) is 24.3 Å². The number of fused-ring (bicyclic) bond motifs is 1. The van der Waals surface area contributed by atoms with Crippen LogP contribution in [0.2, 0.25) is 0 Å². The van der Waals surface area contributed by atoms with E-state index >= 15 is 0 Å². The Morgan fingerprint density at radius 3 is 2.47 bits per heavy atom. The molecule has 3 amide bonds. The van der Waals surface area contributed by atoms with Gasteiger partial charge in [0, 0.05) is 45.0 Å². The molecule has 1 aliphatic carbocycles. The van der Waals surface area contributed by atoms with E-state index in [1.165, 1.54) is 33.2 Å². The Morgan fingerprint density at radius 2 is 1.75 bits per heavy atom. The zero-order chi connectivity index (χ0) is 22.3. The van der Waals surface area contributed by atoms with Gasteiger partial charge < -0.3 is 5.32 Å². The number of carbonyl (C=O) groups is 2. The number of benzene rings is 1. The van der Waals surface area contributed by atoms with Crippen molar-refractivity contribution in [2.45, 2.75) is 29.7 Å². The predicted molar refractivity (Wildman–Crippen MR) is 116 cm³/mol. The highest BCUT2D eigenvalue weighted by Crippen LogP contribution is 2.33. The van der Waals surface area contributed by atoms with Crippen molar-refractivity contribution in [3.63, 3.8) is 0 Å². The summed E-state index contributed by atoms with van der Waals surface area (Å²) in [4.78, 5) is 33.3. The number of sulfonamides is 1. The highest BCUT2D eigenvalue weighted by Gasteiger charge is 2.52. The van der Waals surface area contributed by atoms with Crippen molar-refractivity contribution in [1.82, 2.24) is 24.4 Å². The number of carbonyl (C=O) groups excluding carboxylic acids is 2. The topological polar surface area (TPSA) is 103 Å². The first-order chi connectivity index (χ1) is 15.4. The molecule has 168 valence electrons. The highest BCUT2D eigenvalue weighted by molar-refractivity contribution is 7.89. The maximum atomic E-state index is 13.3. The van der Waals surface area contributed by atoms with E-state index < -0.39 is 15.6 Å². The standard InChI is InChI=1S/C22H25N5O4S/c28-20-22(8-7-17-4-1-2-5-18(17)14-22)24-21(29)27(20)16-25-10-12-26(13-11-25)32(30,31)19-6-3-9-23-15-19/h1-6,9,15H,7-8,10-14,16H2,(H,24,29). The molecule has 1 aromatic heterocycles. The van der Waals surface area contributed by atoms with Crippen molar-refractivity contribution in [3.05, 3.63) is 59.9 Å². The van der Waals surface area contributed by atoms with Crippen LogP contribution < -0.4 is 5.32 Å². The molecule has 2 saturated heterocycles. The number of piperazine rings is 1. The number of nitrogens with zero attached hydrogens (tertiary/aromatic N) is 4. The Hall–Kier alpha value is -2.82. The Kier molecular flexibility index (Phi) is 5.23. The zero-order valence-electron chi connectivity index (χ0n) is 17.6. The molecule has 9 nitrogen and oxygen atoms in total. The smallest absolute Gasteiger partial charge is 0.323 e. The third kappa shape index (κ3) is 3.58. The van der Waals surface area contributed by atoms with Gasteiger partial charge in [0.05, 0.1) is 6.67 Å². The molecule has 1 atom stereocenters. The van der Waals surface area contributed by atoms with Gasteiger partial charge in [-0.05, 0) is 36.1 Å². The molecule has 0 radical (unpaired) electrons. The maximum absolute atomic E-state index is 13.3. The van der Waals surface area contributed by atoms with Gasteiger partial charge in [0.15, 0.2) is 0 Å². The summed E-state index contributed by atoms with van der Waals surface area (Å²) in [6.45, 7) is 1.62. The maximum Gasteiger partial charge on any atom is 0.326 e. The number of aromatic nitrogens is 1. The lowest BCUT2D eigenvalue weighted by Gasteiger charge is -2.36. The Bertz CT molecular complexity index is 1150. The summed E-state index contributed by atoms with van der Waals surface area (Å²) in [6, 6.07) is 10.8. The quantitative estimate of drug-likeness (QED) is 0.685. The molecule has 3 aliphatic rings. The minimum atomic E-state index is -3.60. The Balaban J connectivity index is 1.23. The van der Waals surface area contributed by atoms with Crippen molar-refractivity contribution in [2.24, 2.45) is 0 Å². The van der Waals surface area contributed by atoms with E-state index in [0.29, 0.717) is 39.0 Å². The van der Waals surface area contributed by atoms with E-state index in [2.05, 4.69) is 16.4 Å². The van der Waals surface area contributed by atoms with Gasteiger partial charge in [-0.3, -0.25) is 14.7 Å². The molecule has 2 fully saturated rings. The molecular formula is C22H25N5O4S. The third-order valence-electron chi connectivity index (χ3n) is 6.62. The molecule has 32 heavy (non-hydrogen) atoms. The van der Waals surface area contributed by atoms with Crippen molar-refractivity contribution >= 4 is 22.0 Å². The van der Waals surface area contributed by atoms with Crippen molar-refractivity contribution in [2.75, 3.05) is 32.8 Å². The third-order valence-corrected chi connectivity index (χ3v) is 8.50. The van der Waals surface area contributed by atoms with Crippen LogP contribution >= 0.6 is 0 Å². The largest absolute Gasteiger partial charge is 0.326 e. The summed E-state index contributed by atoms with van der Waals surface area (Å²) < 4.78 is 27.0. The van der Waals surface area contributed by atoms with Crippen LogP contribution in [0.25, 0.3) is 0 Å². The van der Waals surface area contributed by atoms with E-state index in [1.54, 1.807) is 6.07 Å². The SMILES string of the molecule is O=C1NC2(CCc3ccccc3C2)C(=O)N1CN1CCN(S(=O)(=O)c2cccnc2)CC1. The molecule has 10 heteroatoms. The minimum absolute atomic E-state index is 0.162. The van der Waals surface area contributed by atoms with Crippen LogP contribution in [0.3, 0.4) is 0 Å². The molecule has 0 saturated carbocycles. The van der Waals surface area contributed by atoms with E-state index in [-0.39, 0.29) is 23.5 Å². The van der Waals surface area contributed by atoms with Crippen LogP contribution in [0, 0.1) is 0 Å². The van der Waals surface area contributed by atoms with Crippen LogP contribution in [0.15, 0.2) is 53.7 Å². The average Bonchev–Trinajstić information content (AvgIpc) is 3.03. The highest BCUT2D eigenvalue weighted by atomic mass is 32.2. The number of aryl methyl sites for hydroxylation is 1. The van der Waals surface area contributed by atoms with E-state index in [0.717, 1.165) is 12.0 Å². The lowest BCUT2D eigenvalue weighted by Crippen LogP contribution is -2.54. The fourth-order valence-corrected chi connectivity index (χ4v) is 6.18. The lowest BCUT2D eigenvalue weighted by molar-refractivity contribution is -0.133. The molecule has 2 aliphatic heterocycles. The van der Waals surface area contributed by atoms with Gasteiger partial charge in [0.25, 0.3) is 5.91 Å². The molecule has 2 aromatic rings. The minimum Gasteiger partial charge on any atom is -0.323 e. The first-order valence-corrected chi connectivity index (χ1v) is 12.2. The fourth-order valence-electron chi connectivity index (χ4n) is 4.79. The molecular weight excluding hydrogens is 430 g/mol. The first kappa shape index (κ1) is 21.0. The van der Waals surface area contributed by atoms with Crippen molar-refractivity contribution in [3.8, 4) is 0 Å². The normalized spacial score (nSPS) is 24.6. The summed E-state index contributed by atoms with van der Waals surface area (Å²) in [6.07, 6.45) is 4.72. The molecule has 1 N–H and O–H groups in total. The number of imide groups is 1. The summed E-state index contributed by atoms with van der Waals surface area (Å²) in [5, 5.41) is 2.95. The van der Waals surface area contributed by atoms with Gasteiger partial charge in [0.1, 0.15) is 10.4 Å². The number of hydrogen-bond donors (Lipinski definition) is 1. The fraction of sp³-hybridized carbons (Fsp3) is 0.409. The van der Waals surface area contributed by atoms with E-state index in [1.807, 2.05) is 23.1 Å².